The molecule has 0 aromatic carbocycles. The van der Waals surface area contributed by atoms with E-state index in [9.17, 15) is 9.59 Å². The van der Waals surface area contributed by atoms with Crippen molar-refractivity contribution in [3.8, 4) is 5.75 Å². The minimum absolute atomic E-state index is 0.0745. The van der Waals surface area contributed by atoms with Gasteiger partial charge in [0.15, 0.2) is 17.7 Å². The number of carbonyl (C=O) groups excluding carboxylic acids is 1. The van der Waals surface area contributed by atoms with Crippen molar-refractivity contribution in [2.45, 2.75) is 31.5 Å². The third kappa shape index (κ3) is 2.77. The van der Waals surface area contributed by atoms with E-state index in [1.54, 1.807) is 37.0 Å². The number of unbranched alkanes of at least 4 members (excludes halogenated alkanes) is 1. The van der Waals surface area contributed by atoms with Crippen LogP contribution in [-0.4, -0.2) is 67.7 Å². The van der Waals surface area contributed by atoms with Crippen LogP contribution in [0.1, 0.15) is 30.3 Å². The second-order valence-corrected chi connectivity index (χ2v) is 7.59. The lowest BCUT2D eigenvalue weighted by atomic mass is 9.90. The van der Waals surface area contributed by atoms with Gasteiger partial charge in [-0.15, -0.1) is 0 Å². The SMILES string of the molecule is CCCCOc1c2n(cc(Br)c1=O)C1(COC1)C(OC)N(N(C)C)C2=O. The number of fused-ring (bicyclic) bond motifs is 2. The number of amides is 1. The van der Waals surface area contributed by atoms with Gasteiger partial charge in [-0.3, -0.25) is 9.59 Å². The lowest BCUT2D eigenvalue weighted by Gasteiger charge is -2.55. The van der Waals surface area contributed by atoms with Crippen LogP contribution in [0.2, 0.25) is 0 Å². The van der Waals surface area contributed by atoms with Crippen LogP contribution < -0.4 is 10.2 Å². The number of carbonyl (C=O) groups is 1. The second kappa shape index (κ2) is 7.30. The summed E-state index contributed by atoms with van der Waals surface area (Å²) >= 11 is 3.31. The Kier molecular flexibility index (Phi) is 5.43. The number of hydrazine groups is 1. The first kappa shape index (κ1) is 19.3. The van der Waals surface area contributed by atoms with E-state index in [0.29, 0.717) is 24.3 Å². The van der Waals surface area contributed by atoms with Gasteiger partial charge in [0, 0.05) is 27.4 Å². The number of hydrogen-bond acceptors (Lipinski definition) is 6. The third-order valence-corrected chi connectivity index (χ3v) is 5.36. The molecular formula is C17H24BrN3O5. The molecule has 0 aliphatic carbocycles. The number of rotatable bonds is 6. The molecule has 0 bridgehead atoms. The molecule has 1 spiro atoms. The number of nitrogens with zero attached hydrogens (tertiary/aromatic N) is 3. The van der Waals surface area contributed by atoms with E-state index >= 15 is 0 Å². The standard InChI is InChI=1S/C17H24BrN3O5/c1-5-6-7-26-14-12-15(23)21(19(2)3)16(24-4)17(9-25-10-17)20(12)8-11(18)13(14)22/h8,16H,5-7,9-10H2,1-4H3. The van der Waals surface area contributed by atoms with Crippen LogP contribution in [0.15, 0.2) is 15.5 Å². The highest BCUT2D eigenvalue weighted by Crippen LogP contribution is 2.41. The van der Waals surface area contributed by atoms with Crippen molar-refractivity contribution in [3.05, 3.63) is 26.6 Å². The first-order valence-corrected chi connectivity index (χ1v) is 9.38. The number of ether oxygens (including phenoxy) is 3. The Morgan fingerprint density at radius 1 is 1.38 bits per heavy atom. The molecule has 3 rings (SSSR count). The maximum atomic E-state index is 13.3. The van der Waals surface area contributed by atoms with E-state index in [1.165, 1.54) is 5.01 Å². The van der Waals surface area contributed by atoms with E-state index < -0.39 is 11.8 Å². The lowest BCUT2D eigenvalue weighted by molar-refractivity contribution is -0.241. The fourth-order valence-electron chi connectivity index (χ4n) is 3.43. The Balaban J connectivity index is 2.22. The van der Waals surface area contributed by atoms with Gasteiger partial charge in [-0.05, 0) is 22.4 Å². The summed E-state index contributed by atoms with van der Waals surface area (Å²) in [5, 5.41) is 3.18. The summed E-state index contributed by atoms with van der Waals surface area (Å²) in [5.41, 5.74) is -0.702. The molecule has 0 saturated carbocycles. The molecule has 2 aliphatic rings. The predicted molar refractivity (Wildman–Crippen MR) is 98.3 cm³/mol. The van der Waals surface area contributed by atoms with Gasteiger partial charge in [0.25, 0.3) is 5.91 Å². The lowest BCUT2D eigenvalue weighted by Crippen LogP contribution is -2.72. The van der Waals surface area contributed by atoms with Gasteiger partial charge in [0.2, 0.25) is 5.43 Å². The molecule has 26 heavy (non-hydrogen) atoms. The quantitative estimate of drug-likeness (QED) is 0.636. The van der Waals surface area contributed by atoms with Gasteiger partial charge in [-0.25, -0.2) is 10.0 Å². The second-order valence-electron chi connectivity index (χ2n) is 6.74. The van der Waals surface area contributed by atoms with Crippen molar-refractivity contribution in [2.75, 3.05) is 41.0 Å². The van der Waals surface area contributed by atoms with Crippen LogP contribution in [0.5, 0.6) is 5.75 Å². The Morgan fingerprint density at radius 2 is 2.08 bits per heavy atom. The van der Waals surface area contributed by atoms with Crippen molar-refractivity contribution in [1.82, 2.24) is 14.6 Å². The first-order valence-electron chi connectivity index (χ1n) is 8.58. The van der Waals surface area contributed by atoms with Crippen LogP contribution in [0.3, 0.4) is 0 Å². The van der Waals surface area contributed by atoms with Crippen LogP contribution >= 0.6 is 15.9 Å². The topological polar surface area (TPSA) is 73.2 Å². The Labute approximate surface area is 160 Å². The van der Waals surface area contributed by atoms with Gasteiger partial charge in [-0.1, -0.05) is 13.3 Å². The normalized spacial score (nSPS) is 21.1. The number of aromatic nitrogens is 1. The van der Waals surface area contributed by atoms with Crippen molar-refractivity contribution < 1.29 is 19.0 Å². The van der Waals surface area contributed by atoms with E-state index in [-0.39, 0.29) is 22.8 Å². The molecule has 8 nitrogen and oxygen atoms in total. The summed E-state index contributed by atoms with van der Waals surface area (Å²) in [5.74, 6) is -0.263. The average molecular weight is 430 g/mol. The van der Waals surface area contributed by atoms with Crippen LogP contribution in [0, 0.1) is 0 Å². The fraction of sp³-hybridized carbons (Fsp3) is 0.647. The number of hydrogen-bond donors (Lipinski definition) is 0. The monoisotopic (exact) mass is 429 g/mol. The molecule has 1 atom stereocenters. The highest BCUT2D eigenvalue weighted by molar-refractivity contribution is 9.10. The maximum Gasteiger partial charge on any atom is 0.291 e. The molecular weight excluding hydrogens is 406 g/mol. The zero-order valence-electron chi connectivity index (χ0n) is 15.5. The van der Waals surface area contributed by atoms with Gasteiger partial charge >= 0.3 is 0 Å². The van der Waals surface area contributed by atoms with Gasteiger partial charge in [0.1, 0.15) is 5.54 Å². The molecule has 1 amide bonds. The van der Waals surface area contributed by atoms with Gasteiger partial charge < -0.3 is 18.8 Å². The van der Waals surface area contributed by atoms with Gasteiger partial charge in [-0.2, -0.15) is 0 Å². The van der Waals surface area contributed by atoms with E-state index in [0.717, 1.165) is 12.8 Å². The highest BCUT2D eigenvalue weighted by atomic mass is 79.9. The molecule has 1 fully saturated rings. The predicted octanol–water partition coefficient (Wildman–Crippen LogP) is 1.42. The van der Waals surface area contributed by atoms with Gasteiger partial charge in [0.05, 0.1) is 24.3 Å². The smallest absolute Gasteiger partial charge is 0.291 e. The van der Waals surface area contributed by atoms with E-state index in [2.05, 4.69) is 15.9 Å². The zero-order valence-corrected chi connectivity index (χ0v) is 17.0. The van der Waals surface area contributed by atoms with Crippen molar-refractivity contribution in [1.29, 1.82) is 0 Å². The summed E-state index contributed by atoms with van der Waals surface area (Å²) in [6, 6.07) is 0. The van der Waals surface area contributed by atoms with E-state index in [1.807, 2.05) is 6.92 Å². The Bertz CT molecular complexity index is 760. The minimum atomic E-state index is -0.610. The van der Waals surface area contributed by atoms with Crippen LogP contribution in [0.25, 0.3) is 0 Å². The maximum absolute atomic E-state index is 13.3. The molecule has 9 heteroatoms. The van der Waals surface area contributed by atoms with Crippen molar-refractivity contribution >= 4 is 21.8 Å². The summed E-state index contributed by atoms with van der Waals surface area (Å²) in [4.78, 5) is 26.0. The van der Waals surface area contributed by atoms with Crippen molar-refractivity contribution in [2.24, 2.45) is 0 Å². The molecule has 1 unspecified atom stereocenters. The molecule has 0 radical (unpaired) electrons. The van der Waals surface area contributed by atoms with Crippen LogP contribution in [-0.2, 0) is 15.0 Å². The molecule has 2 aliphatic heterocycles. The number of methoxy groups -OCH3 is 1. The summed E-state index contributed by atoms with van der Waals surface area (Å²) in [6.07, 6.45) is 2.82. The van der Waals surface area contributed by atoms with Crippen molar-refractivity contribution in [3.63, 3.8) is 0 Å². The van der Waals surface area contributed by atoms with E-state index in [4.69, 9.17) is 14.2 Å². The molecule has 1 saturated heterocycles. The molecule has 1 aromatic heterocycles. The Hall–Kier alpha value is -1.42. The first-order chi connectivity index (χ1) is 12.4. The summed E-state index contributed by atoms with van der Waals surface area (Å²) in [7, 11) is 5.10. The molecule has 0 N–H and O–H groups in total. The summed E-state index contributed by atoms with van der Waals surface area (Å²) in [6.45, 7) is 3.16. The summed E-state index contributed by atoms with van der Waals surface area (Å²) < 4.78 is 19.1. The molecule has 3 heterocycles. The minimum Gasteiger partial charge on any atom is -0.487 e. The number of halogens is 1. The fourth-order valence-corrected chi connectivity index (χ4v) is 3.82. The zero-order chi connectivity index (χ0) is 19.1. The Morgan fingerprint density at radius 3 is 2.58 bits per heavy atom. The highest BCUT2D eigenvalue weighted by Gasteiger charge is 2.58. The third-order valence-electron chi connectivity index (χ3n) is 4.80. The molecule has 1 aromatic rings. The van der Waals surface area contributed by atoms with Crippen LogP contribution in [0.4, 0.5) is 0 Å². The average Bonchev–Trinajstić information content (AvgIpc) is 2.56. The number of pyridine rings is 1. The molecule has 144 valence electrons. The largest absolute Gasteiger partial charge is 0.487 e.